The summed E-state index contributed by atoms with van der Waals surface area (Å²) < 4.78 is 10.4. The normalized spacial score (nSPS) is 10.9. The molecular formula is C19H16Cl2N4O3. The average molecular weight is 419 g/mol. The molecule has 3 aromatic rings. The van der Waals surface area contributed by atoms with E-state index in [0.29, 0.717) is 32.8 Å². The third kappa shape index (κ3) is 4.44. The second kappa shape index (κ2) is 8.77. The lowest BCUT2D eigenvalue weighted by atomic mass is 10.1. The van der Waals surface area contributed by atoms with Crippen molar-refractivity contribution in [1.82, 2.24) is 15.6 Å². The Morgan fingerprint density at radius 2 is 1.89 bits per heavy atom. The predicted octanol–water partition coefficient (Wildman–Crippen LogP) is 4.16. The first-order valence-electron chi connectivity index (χ1n) is 8.08. The van der Waals surface area contributed by atoms with Gasteiger partial charge in [0.1, 0.15) is 5.69 Å². The Labute approximate surface area is 171 Å². The Kier molecular flexibility index (Phi) is 6.18. The minimum Gasteiger partial charge on any atom is -0.493 e. The van der Waals surface area contributed by atoms with Gasteiger partial charge in [0.05, 0.1) is 31.2 Å². The molecule has 0 unspecified atom stereocenters. The number of amides is 1. The Hall–Kier alpha value is -3.03. The van der Waals surface area contributed by atoms with Crippen LogP contribution in [0.1, 0.15) is 16.1 Å². The maximum Gasteiger partial charge on any atom is 0.289 e. The molecule has 0 fully saturated rings. The molecule has 144 valence electrons. The van der Waals surface area contributed by atoms with E-state index in [1.54, 1.807) is 56.7 Å². The monoisotopic (exact) mass is 418 g/mol. The van der Waals surface area contributed by atoms with Gasteiger partial charge in [-0.15, -0.1) is 0 Å². The molecular weight excluding hydrogens is 403 g/mol. The summed E-state index contributed by atoms with van der Waals surface area (Å²) >= 11 is 12.1. The highest BCUT2D eigenvalue weighted by Crippen LogP contribution is 2.29. The third-order valence-corrected chi connectivity index (χ3v) is 4.36. The van der Waals surface area contributed by atoms with E-state index in [1.165, 1.54) is 6.21 Å². The molecule has 28 heavy (non-hydrogen) atoms. The van der Waals surface area contributed by atoms with Crippen molar-refractivity contribution in [2.75, 3.05) is 14.2 Å². The summed E-state index contributed by atoms with van der Waals surface area (Å²) in [5.74, 6) is 0.728. The smallest absolute Gasteiger partial charge is 0.289 e. The molecule has 7 nitrogen and oxygen atoms in total. The number of aromatic nitrogens is 2. The summed E-state index contributed by atoms with van der Waals surface area (Å²) in [4.78, 5) is 12.2. The summed E-state index contributed by atoms with van der Waals surface area (Å²) in [7, 11) is 3.10. The van der Waals surface area contributed by atoms with Crippen LogP contribution in [0.15, 0.2) is 47.6 Å². The van der Waals surface area contributed by atoms with E-state index in [4.69, 9.17) is 32.7 Å². The molecule has 9 heteroatoms. The van der Waals surface area contributed by atoms with Crippen LogP contribution in [0.25, 0.3) is 11.3 Å². The Balaban J connectivity index is 1.69. The molecule has 1 heterocycles. The maximum absolute atomic E-state index is 12.2. The van der Waals surface area contributed by atoms with Crippen LogP contribution in [-0.4, -0.2) is 36.5 Å². The van der Waals surface area contributed by atoms with Crippen LogP contribution in [0, 0.1) is 0 Å². The number of hydrogen-bond acceptors (Lipinski definition) is 5. The lowest BCUT2D eigenvalue weighted by Crippen LogP contribution is -2.18. The number of benzene rings is 2. The fourth-order valence-corrected chi connectivity index (χ4v) is 2.94. The zero-order valence-electron chi connectivity index (χ0n) is 15.0. The molecule has 3 rings (SSSR count). The van der Waals surface area contributed by atoms with Gasteiger partial charge in [0.2, 0.25) is 0 Å². The summed E-state index contributed by atoms with van der Waals surface area (Å²) in [6, 6.07) is 11.9. The minimum absolute atomic E-state index is 0.241. The van der Waals surface area contributed by atoms with Crippen LogP contribution >= 0.6 is 23.2 Å². The van der Waals surface area contributed by atoms with Gasteiger partial charge in [-0.1, -0.05) is 23.2 Å². The number of H-pyrrole nitrogens is 1. The van der Waals surface area contributed by atoms with Gasteiger partial charge >= 0.3 is 0 Å². The fourth-order valence-electron chi connectivity index (χ4n) is 2.43. The highest BCUT2D eigenvalue weighted by atomic mass is 35.5. The van der Waals surface area contributed by atoms with E-state index in [2.05, 4.69) is 20.7 Å². The number of halogens is 2. The number of methoxy groups -OCH3 is 2. The quantitative estimate of drug-likeness (QED) is 0.464. The topological polar surface area (TPSA) is 88.6 Å². The first-order valence-corrected chi connectivity index (χ1v) is 8.83. The molecule has 0 aliphatic carbocycles. The zero-order chi connectivity index (χ0) is 20.1. The molecule has 0 saturated heterocycles. The van der Waals surface area contributed by atoms with E-state index in [-0.39, 0.29) is 5.69 Å². The van der Waals surface area contributed by atoms with Gasteiger partial charge in [-0.2, -0.15) is 10.2 Å². The summed E-state index contributed by atoms with van der Waals surface area (Å²) in [5, 5.41) is 11.7. The molecule has 0 bridgehead atoms. The number of rotatable bonds is 6. The van der Waals surface area contributed by atoms with Crippen LogP contribution < -0.4 is 14.9 Å². The summed E-state index contributed by atoms with van der Waals surface area (Å²) in [5.41, 5.74) is 4.59. The largest absolute Gasteiger partial charge is 0.493 e. The average Bonchev–Trinajstić information content (AvgIpc) is 3.17. The van der Waals surface area contributed by atoms with Crippen molar-refractivity contribution in [1.29, 1.82) is 0 Å². The van der Waals surface area contributed by atoms with E-state index >= 15 is 0 Å². The van der Waals surface area contributed by atoms with Crippen molar-refractivity contribution in [3.05, 3.63) is 63.8 Å². The number of carbonyl (C=O) groups excluding carboxylic acids is 1. The number of ether oxygens (including phenoxy) is 2. The molecule has 0 aliphatic heterocycles. The van der Waals surface area contributed by atoms with Gasteiger partial charge in [0.25, 0.3) is 5.91 Å². The minimum atomic E-state index is -0.444. The van der Waals surface area contributed by atoms with Crippen molar-refractivity contribution >= 4 is 35.3 Å². The van der Waals surface area contributed by atoms with E-state index < -0.39 is 5.91 Å². The molecule has 2 aromatic carbocycles. The van der Waals surface area contributed by atoms with E-state index in [9.17, 15) is 4.79 Å². The Morgan fingerprint density at radius 3 is 2.61 bits per heavy atom. The number of aromatic amines is 1. The van der Waals surface area contributed by atoms with Gasteiger partial charge in [-0.05, 0) is 48.0 Å². The van der Waals surface area contributed by atoms with Crippen LogP contribution in [0.2, 0.25) is 10.0 Å². The molecule has 1 aromatic heterocycles. The first kappa shape index (κ1) is 19.7. The second-order valence-corrected chi connectivity index (χ2v) is 6.45. The number of carbonyl (C=O) groups is 1. The van der Waals surface area contributed by atoms with Gasteiger partial charge in [0, 0.05) is 10.6 Å². The standard InChI is InChI=1S/C19H16Cl2N4O3/c1-27-17-6-3-11(7-18(17)28-2)10-22-25-19(26)16-9-15(23-24-16)13-5-4-12(20)8-14(13)21/h3-10H,1-2H3,(H,23,24)(H,25,26). The molecule has 0 radical (unpaired) electrons. The lowest BCUT2D eigenvalue weighted by Gasteiger charge is -2.07. The summed E-state index contributed by atoms with van der Waals surface area (Å²) in [6.45, 7) is 0. The third-order valence-electron chi connectivity index (χ3n) is 3.82. The number of nitrogens with zero attached hydrogens (tertiary/aromatic N) is 2. The number of nitrogens with one attached hydrogen (secondary N) is 2. The fraction of sp³-hybridized carbons (Fsp3) is 0.105. The van der Waals surface area contributed by atoms with Crippen molar-refractivity contribution in [2.24, 2.45) is 5.10 Å². The van der Waals surface area contributed by atoms with Crippen molar-refractivity contribution in [3.8, 4) is 22.8 Å². The van der Waals surface area contributed by atoms with Crippen LogP contribution in [0.4, 0.5) is 0 Å². The van der Waals surface area contributed by atoms with Gasteiger partial charge in [-0.25, -0.2) is 5.43 Å². The predicted molar refractivity (Wildman–Crippen MR) is 109 cm³/mol. The first-order chi connectivity index (χ1) is 13.5. The van der Waals surface area contributed by atoms with Crippen molar-refractivity contribution < 1.29 is 14.3 Å². The highest BCUT2D eigenvalue weighted by molar-refractivity contribution is 6.36. The SMILES string of the molecule is COc1ccc(C=NNC(=O)c2cc(-c3ccc(Cl)cc3Cl)n[nH]2)cc1OC. The molecule has 1 amide bonds. The van der Waals surface area contributed by atoms with E-state index in [1.807, 2.05) is 0 Å². The highest BCUT2D eigenvalue weighted by Gasteiger charge is 2.13. The van der Waals surface area contributed by atoms with Gasteiger partial charge in [0.15, 0.2) is 11.5 Å². The van der Waals surface area contributed by atoms with Crippen molar-refractivity contribution in [2.45, 2.75) is 0 Å². The number of hydrazone groups is 1. The van der Waals surface area contributed by atoms with Crippen molar-refractivity contribution in [3.63, 3.8) is 0 Å². The zero-order valence-corrected chi connectivity index (χ0v) is 16.5. The molecule has 0 aliphatic rings. The molecule has 0 spiro atoms. The van der Waals surface area contributed by atoms with Crippen LogP contribution in [0.5, 0.6) is 11.5 Å². The van der Waals surface area contributed by atoms with Gasteiger partial charge < -0.3 is 9.47 Å². The molecule has 0 saturated carbocycles. The van der Waals surface area contributed by atoms with Crippen LogP contribution in [0.3, 0.4) is 0 Å². The molecule has 2 N–H and O–H groups in total. The molecule has 0 atom stereocenters. The maximum atomic E-state index is 12.2. The summed E-state index contributed by atoms with van der Waals surface area (Å²) in [6.07, 6.45) is 1.49. The van der Waals surface area contributed by atoms with Crippen LogP contribution in [-0.2, 0) is 0 Å². The Bertz CT molecular complexity index is 1030. The lowest BCUT2D eigenvalue weighted by molar-refractivity contribution is 0.0950. The van der Waals surface area contributed by atoms with Gasteiger partial charge in [-0.3, -0.25) is 9.89 Å². The number of hydrogen-bond donors (Lipinski definition) is 2. The Morgan fingerprint density at radius 1 is 1.11 bits per heavy atom. The van der Waals surface area contributed by atoms with E-state index in [0.717, 1.165) is 5.56 Å². The second-order valence-electron chi connectivity index (χ2n) is 5.60.